The van der Waals surface area contributed by atoms with Crippen molar-refractivity contribution < 1.29 is 25.5 Å². The molecular weight excluding hydrogens is 227 g/mol. The van der Waals surface area contributed by atoms with Crippen molar-refractivity contribution in [3.8, 4) is 0 Å². The van der Waals surface area contributed by atoms with Gasteiger partial charge in [0.1, 0.15) is 0 Å². The van der Waals surface area contributed by atoms with Gasteiger partial charge in [-0.1, -0.05) is 18.2 Å². The van der Waals surface area contributed by atoms with E-state index in [1.165, 1.54) is 12.1 Å². The summed E-state index contributed by atoms with van der Waals surface area (Å²) in [4.78, 5) is 0.136. The van der Waals surface area contributed by atoms with Crippen LogP contribution in [0.4, 0.5) is 0 Å². The van der Waals surface area contributed by atoms with Gasteiger partial charge >= 0.3 is 0 Å². The Hall–Kier alpha value is -0.0205. The second-order valence-electron chi connectivity index (χ2n) is 1.75. The summed E-state index contributed by atoms with van der Waals surface area (Å²) in [5.74, 6) is 0. The summed E-state index contributed by atoms with van der Waals surface area (Å²) in [7, 11) is 1.50. The van der Waals surface area contributed by atoms with Gasteiger partial charge in [-0.15, -0.1) is 0 Å². The predicted octanol–water partition coefficient (Wildman–Crippen LogP) is 1.61. The molecule has 11 heavy (non-hydrogen) atoms. The third kappa shape index (κ3) is 3.25. The summed E-state index contributed by atoms with van der Waals surface area (Å²) < 4.78 is 21.2. The zero-order chi connectivity index (χ0) is 7.61. The fraction of sp³-hybridized carbons (Fsp3) is 0. The van der Waals surface area contributed by atoms with Crippen molar-refractivity contribution in [3.05, 3.63) is 30.3 Å². The standard InChI is InChI=1S/C6H5ClO2S.Fe/c7-10(8,9)6-4-2-1-3-5-6;/h1-5H;. The van der Waals surface area contributed by atoms with Crippen molar-refractivity contribution in [3.63, 3.8) is 0 Å². The predicted molar refractivity (Wildman–Crippen MR) is 39.5 cm³/mol. The second-order valence-corrected chi connectivity index (χ2v) is 4.32. The van der Waals surface area contributed by atoms with E-state index < -0.39 is 9.05 Å². The number of benzene rings is 1. The number of hydrogen-bond donors (Lipinski definition) is 0. The molecule has 0 radical (unpaired) electrons. The van der Waals surface area contributed by atoms with E-state index in [-0.39, 0.29) is 22.0 Å². The van der Waals surface area contributed by atoms with Gasteiger partial charge in [0.05, 0.1) is 4.90 Å². The average molecular weight is 232 g/mol. The Bertz CT molecular complexity index is 309. The Kier molecular flexibility index (Phi) is 4.11. The Labute approximate surface area is 80.5 Å². The van der Waals surface area contributed by atoms with Crippen molar-refractivity contribution in [1.82, 2.24) is 0 Å². The van der Waals surface area contributed by atoms with Crippen LogP contribution >= 0.6 is 10.7 Å². The van der Waals surface area contributed by atoms with Gasteiger partial charge in [-0.25, -0.2) is 8.42 Å². The number of rotatable bonds is 1. The summed E-state index contributed by atoms with van der Waals surface area (Å²) in [5, 5.41) is 0. The molecule has 0 saturated carbocycles. The van der Waals surface area contributed by atoms with E-state index in [1.807, 2.05) is 0 Å². The van der Waals surface area contributed by atoms with Crippen molar-refractivity contribution in [2.24, 2.45) is 0 Å². The number of halogens is 1. The van der Waals surface area contributed by atoms with Crippen LogP contribution in [0.5, 0.6) is 0 Å². The first kappa shape index (κ1) is 11.0. The van der Waals surface area contributed by atoms with Gasteiger partial charge in [0.2, 0.25) is 0 Å². The van der Waals surface area contributed by atoms with Gasteiger partial charge in [0, 0.05) is 27.8 Å². The first-order chi connectivity index (χ1) is 4.61. The molecule has 5 heteroatoms. The van der Waals surface area contributed by atoms with Crippen LogP contribution in [-0.4, -0.2) is 8.42 Å². The quantitative estimate of drug-likeness (QED) is 0.544. The van der Waals surface area contributed by atoms with Crippen LogP contribution < -0.4 is 0 Å². The van der Waals surface area contributed by atoms with Gasteiger partial charge < -0.3 is 0 Å². The van der Waals surface area contributed by atoms with Crippen molar-refractivity contribution in [2.75, 3.05) is 0 Å². The van der Waals surface area contributed by atoms with Crippen LogP contribution in [0, 0.1) is 0 Å². The third-order valence-electron chi connectivity index (χ3n) is 1.02. The smallest absolute Gasteiger partial charge is 0.207 e. The SMILES string of the molecule is O=S(=O)(Cl)c1ccccc1.[Fe]. The summed E-state index contributed by atoms with van der Waals surface area (Å²) in [6.45, 7) is 0. The van der Waals surface area contributed by atoms with E-state index in [0.29, 0.717) is 0 Å². The van der Waals surface area contributed by atoms with Crippen LogP contribution in [0.2, 0.25) is 0 Å². The molecule has 1 aromatic carbocycles. The molecule has 0 bridgehead atoms. The fourth-order valence-corrected chi connectivity index (χ4v) is 1.37. The van der Waals surface area contributed by atoms with E-state index in [0.717, 1.165) is 0 Å². The van der Waals surface area contributed by atoms with Gasteiger partial charge in [0.25, 0.3) is 9.05 Å². The van der Waals surface area contributed by atoms with E-state index in [2.05, 4.69) is 0 Å². The maximum atomic E-state index is 10.6. The Balaban J connectivity index is 0.000001000. The van der Waals surface area contributed by atoms with Crippen molar-refractivity contribution >= 4 is 19.7 Å². The molecule has 1 aromatic rings. The summed E-state index contributed by atoms with van der Waals surface area (Å²) in [6.07, 6.45) is 0. The molecule has 0 aliphatic carbocycles. The molecule has 0 aromatic heterocycles. The molecule has 0 amide bonds. The number of hydrogen-bond acceptors (Lipinski definition) is 2. The third-order valence-corrected chi connectivity index (χ3v) is 2.39. The summed E-state index contributed by atoms with van der Waals surface area (Å²) in [6, 6.07) is 7.86. The van der Waals surface area contributed by atoms with E-state index in [4.69, 9.17) is 10.7 Å². The van der Waals surface area contributed by atoms with E-state index in [9.17, 15) is 8.42 Å². The molecule has 0 aliphatic heterocycles. The van der Waals surface area contributed by atoms with Gasteiger partial charge in [0.15, 0.2) is 0 Å². The summed E-state index contributed by atoms with van der Waals surface area (Å²) >= 11 is 0. The zero-order valence-electron chi connectivity index (χ0n) is 5.34. The van der Waals surface area contributed by atoms with Crippen LogP contribution in [0.3, 0.4) is 0 Å². The zero-order valence-corrected chi connectivity index (χ0v) is 8.02. The Morgan fingerprint density at radius 1 is 1.09 bits per heavy atom. The van der Waals surface area contributed by atoms with Gasteiger partial charge in [-0.05, 0) is 12.1 Å². The molecule has 0 aliphatic rings. The topological polar surface area (TPSA) is 34.1 Å². The Morgan fingerprint density at radius 3 is 1.82 bits per heavy atom. The molecule has 62 valence electrons. The maximum absolute atomic E-state index is 10.6. The van der Waals surface area contributed by atoms with Crippen LogP contribution in [0.15, 0.2) is 35.2 Å². The monoisotopic (exact) mass is 232 g/mol. The molecule has 0 unspecified atom stereocenters. The first-order valence-electron chi connectivity index (χ1n) is 2.60. The summed E-state index contributed by atoms with van der Waals surface area (Å²) in [5.41, 5.74) is 0. The van der Waals surface area contributed by atoms with Gasteiger partial charge in [-0.3, -0.25) is 0 Å². The Morgan fingerprint density at radius 2 is 1.55 bits per heavy atom. The van der Waals surface area contributed by atoms with E-state index >= 15 is 0 Å². The van der Waals surface area contributed by atoms with E-state index in [1.54, 1.807) is 18.2 Å². The van der Waals surface area contributed by atoms with Crippen LogP contribution in [-0.2, 0) is 26.1 Å². The molecule has 1 rings (SSSR count). The minimum atomic E-state index is -3.53. The molecular formula is C6H5ClFeO2S. The van der Waals surface area contributed by atoms with Crippen molar-refractivity contribution in [1.29, 1.82) is 0 Å². The first-order valence-corrected chi connectivity index (χ1v) is 4.91. The fourth-order valence-electron chi connectivity index (χ4n) is 0.583. The minimum Gasteiger partial charge on any atom is -0.207 e. The molecule has 2 nitrogen and oxygen atoms in total. The molecule has 0 N–H and O–H groups in total. The minimum absolute atomic E-state index is 0. The normalized spacial score (nSPS) is 10.3. The molecule has 0 heterocycles. The van der Waals surface area contributed by atoms with Crippen molar-refractivity contribution in [2.45, 2.75) is 4.90 Å². The molecule has 0 fully saturated rings. The largest absolute Gasteiger partial charge is 0.261 e. The molecule has 0 spiro atoms. The second kappa shape index (κ2) is 4.12. The molecule has 0 atom stereocenters. The average Bonchev–Trinajstić information content (AvgIpc) is 1.88. The van der Waals surface area contributed by atoms with Crippen LogP contribution in [0.25, 0.3) is 0 Å². The maximum Gasteiger partial charge on any atom is 0.261 e. The molecule has 0 saturated heterocycles. The van der Waals surface area contributed by atoms with Gasteiger partial charge in [-0.2, -0.15) is 0 Å². The van der Waals surface area contributed by atoms with Crippen LogP contribution in [0.1, 0.15) is 0 Å².